The van der Waals surface area contributed by atoms with Gasteiger partial charge in [-0.1, -0.05) is 0 Å². The van der Waals surface area contributed by atoms with Gasteiger partial charge in [-0.25, -0.2) is 13.4 Å². The molecule has 0 saturated carbocycles. The molecule has 3 N–H and O–H groups in total. The van der Waals surface area contributed by atoms with Gasteiger partial charge in [-0.2, -0.15) is 4.72 Å². The zero-order valence-corrected chi connectivity index (χ0v) is 13.2. The molecule has 1 atom stereocenters. The highest BCUT2D eigenvalue weighted by Gasteiger charge is 2.28. The Bertz CT molecular complexity index is 746. The van der Waals surface area contributed by atoms with Crippen molar-refractivity contribution >= 4 is 10.0 Å². The Morgan fingerprint density at radius 3 is 2.48 bits per heavy atom. The van der Waals surface area contributed by atoms with Crippen LogP contribution in [0.25, 0.3) is 0 Å². The van der Waals surface area contributed by atoms with E-state index in [1.807, 2.05) is 0 Å². The van der Waals surface area contributed by atoms with Gasteiger partial charge in [0.05, 0.1) is 12.2 Å². The third kappa shape index (κ3) is 3.02. The Hall–Kier alpha value is -1.64. The molecule has 0 aliphatic carbocycles. The summed E-state index contributed by atoms with van der Waals surface area (Å²) < 4.78 is 38.3. The van der Waals surface area contributed by atoms with Gasteiger partial charge in [0.1, 0.15) is 22.2 Å². The number of aromatic nitrogens is 1. The molecule has 0 aliphatic heterocycles. The molecule has 0 bridgehead atoms. The molecular formula is C13H19N3O4S. The molecule has 0 saturated heterocycles. The Morgan fingerprint density at radius 2 is 1.95 bits per heavy atom. The highest BCUT2D eigenvalue weighted by molar-refractivity contribution is 7.89. The molecule has 0 spiro atoms. The van der Waals surface area contributed by atoms with Crippen molar-refractivity contribution in [3.8, 4) is 0 Å². The summed E-state index contributed by atoms with van der Waals surface area (Å²) in [7, 11) is -3.77. The quantitative estimate of drug-likeness (QED) is 0.869. The normalized spacial score (nSPS) is 13.6. The van der Waals surface area contributed by atoms with E-state index in [1.165, 1.54) is 0 Å². The van der Waals surface area contributed by atoms with E-state index < -0.39 is 16.1 Å². The summed E-state index contributed by atoms with van der Waals surface area (Å²) in [5.74, 6) is 1.75. The van der Waals surface area contributed by atoms with Crippen LogP contribution in [0.1, 0.15) is 41.7 Å². The van der Waals surface area contributed by atoms with Crippen LogP contribution in [0.5, 0.6) is 0 Å². The van der Waals surface area contributed by atoms with Crippen molar-refractivity contribution in [2.45, 2.75) is 45.2 Å². The SMILES string of the molecule is Cc1cnc(C(C)NS(=O)(=O)c2c(C)oc(C)c2CN)o1. The Labute approximate surface area is 123 Å². The molecule has 2 aromatic rings. The molecule has 0 aromatic carbocycles. The van der Waals surface area contributed by atoms with Crippen molar-refractivity contribution in [2.24, 2.45) is 5.73 Å². The molecule has 0 radical (unpaired) electrons. The molecule has 8 heteroatoms. The minimum absolute atomic E-state index is 0.0892. The smallest absolute Gasteiger partial charge is 0.245 e. The molecule has 2 aromatic heterocycles. The Morgan fingerprint density at radius 1 is 1.29 bits per heavy atom. The lowest BCUT2D eigenvalue weighted by Crippen LogP contribution is -2.28. The van der Waals surface area contributed by atoms with Gasteiger partial charge in [0, 0.05) is 12.1 Å². The maximum atomic E-state index is 12.5. The van der Waals surface area contributed by atoms with Gasteiger partial charge in [-0.05, 0) is 27.7 Å². The summed E-state index contributed by atoms with van der Waals surface area (Å²) in [6.07, 6.45) is 1.54. The first-order valence-electron chi connectivity index (χ1n) is 6.50. The minimum atomic E-state index is -3.77. The highest BCUT2D eigenvalue weighted by Crippen LogP contribution is 2.27. The summed E-state index contributed by atoms with van der Waals surface area (Å²) >= 11 is 0. The van der Waals surface area contributed by atoms with Crippen molar-refractivity contribution in [1.82, 2.24) is 9.71 Å². The zero-order valence-electron chi connectivity index (χ0n) is 12.4. The lowest BCUT2D eigenvalue weighted by Gasteiger charge is -2.11. The van der Waals surface area contributed by atoms with Gasteiger partial charge in [-0.3, -0.25) is 0 Å². The molecule has 0 aliphatic rings. The third-order valence-electron chi connectivity index (χ3n) is 3.14. The van der Waals surface area contributed by atoms with Crippen LogP contribution in [-0.4, -0.2) is 13.4 Å². The van der Waals surface area contributed by atoms with Crippen molar-refractivity contribution in [3.05, 3.63) is 34.9 Å². The number of nitrogens with two attached hydrogens (primary N) is 1. The van der Waals surface area contributed by atoms with Crippen molar-refractivity contribution < 1.29 is 17.3 Å². The van der Waals surface area contributed by atoms with Gasteiger partial charge in [0.15, 0.2) is 0 Å². The van der Waals surface area contributed by atoms with E-state index >= 15 is 0 Å². The number of nitrogens with one attached hydrogen (secondary N) is 1. The van der Waals surface area contributed by atoms with Crippen molar-refractivity contribution in [1.29, 1.82) is 0 Å². The first-order chi connectivity index (χ1) is 9.76. The lowest BCUT2D eigenvalue weighted by molar-refractivity contribution is 0.427. The van der Waals surface area contributed by atoms with Crippen LogP contribution < -0.4 is 10.5 Å². The van der Waals surface area contributed by atoms with Crippen LogP contribution in [0.15, 0.2) is 19.9 Å². The highest BCUT2D eigenvalue weighted by atomic mass is 32.2. The fourth-order valence-corrected chi connectivity index (χ4v) is 3.87. The molecule has 7 nitrogen and oxygen atoms in total. The summed E-state index contributed by atoms with van der Waals surface area (Å²) in [6.45, 7) is 6.78. The third-order valence-corrected chi connectivity index (χ3v) is 4.87. The molecular weight excluding hydrogens is 294 g/mol. The zero-order chi connectivity index (χ0) is 15.8. The fourth-order valence-electron chi connectivity index (χ4n) is 2.21. The number of nitrogens with zero attached hydrogens (tertiary/aromatic N) is 1. The molecule has 1 unspecified atom stereocenters. The second-order valence-corrected chi connectivity index (χ2v) is 6.53. The van der Waals surface area contributed by atoms with Crippen molar-refractivity contribution in [3.63, 3.8) is 0 Å². The second-order valence-electron chi connectivity index (χ2n) is 4.88. The minimum Gasteiger partial charge on any atom is -0.465 e. The van der Waals surface area contributed by atoms with Crippen LogP contribution in [0, 0.1) is 20.8 Å². The van der Waals surface area contributed by atoms with Crippen LogP contribution in [0.3, 0.4) is 0 Å². The first kappa shape index (κ1) is 15.7. The van der Waals surface area contributed by atoms with Gasteiger partial charge < -0.3 is 14.6 Å². The van der Waals surface area contributed by atoms with Gasteiger partial charge in [-0.15, -0.1) is 0 Å². The van der Waals surface area contributed by atoms with Gasteiger partial charge >= 0.3 is 0 Å². The summed E-state index contributed by atoms with van der Waals surface area (Å²) in [5, 5.41) is 0. The van der Waals surface area contributed by atoms with E-state index in [-0.39, 0.29) is 11.4 Å². The maximum Gasteiger partial charge on any atom is 0.245 e. The predicted molar refractivity (Wildman–Crippen MR) is 76.0 cm³/mol. The average Bonchev–Trinajstić information content (AvgIpc) is 2.92. The second kappa shape index (κ2) is 5.63. The number of aryl methyl sites for hydroxylation is 3. The summed E-state index contributed by atoms with van der Waals surface area (Å²) in [5.41, 5.74) is 6.11. The molecule has 2 rings (SSSR count). The van der Waals surface area contributed by atoms with E-state index in [4.69, 9.17) is 14.6 Å². The average molecular weight is 313 g/mol. The molecule has 2 heterocycles. The summed E-state index contributed by atoms with van der Waals surface area (Å²) in [4.78, 5) is 4.12. The number of hydrogen-bond acceptors (Lipinski definition) is 6. The monoisotopic (exact) mass is 313 g/mol. The number of sulfonamides is 1. The fraction of sp³-hybridized carbons (Fsp3) is 0.462. The van der Waals surface area contributed by atoms with Crippen LogP contribution in [0.4, 0.5) is 0 Å². The standard InChI is InChI=1S/C13H19N3O4S/c1-7-6-15-13(19-7)8(2)16-21(17,18)12-10(4)20-9(3)11(12)5-14/h6,8,16H,5,14H2,1-4H3. The van der Waals surface area contributed by atoms with Crippen molar-refractivity contribution in [2.75, 3.05) is 0 Å². The van der Waals surface area contributed by atoms with Gasteiger partial charge in [0.2, 0.25) is 15.9 Å². The summed E-state index contributed by atoms with van der Waals surface area (Å²) in [6, 6.07) is -0.594. The van der Waals surface area contributed by atoms with Crippen LogP contribution in [0.2, 0.25) is 0 Å². The molecule has 21 heavy (non-hydrogen) atoms. The topological polar surface area (TPSA) is 111 Å². The van der Waals surface area contributed by atoms with E-state index in [2.05, 4.69) is 9.71 Å². The van der Waals surface area contributed by atoms with Crippen LogP contribution >= 0.6 is 0 Å². The first-order valence-corrected chi connectivity index (χ1v) is 7.98. The molecule has 0 amide bonds. The van der Waals surface area contributed by atoms with Crippen LogP contribution in [-0.2, 0) is 16.6 Å². The molecule has 0 fully saturated rings. The number of hydrogen-bond donors (Lipinski definition) is 2. The number of oxazole rings is 1. The Kier molecular flexibility index (Phi) is 4.22. The number of furan rings is 1. The van der Waals surface area contributed by atoms with E-state index in [0.29, 0.717) is 28.7 Å². The number of rotatable bonds is 5. The van der Waals surface area contributed by atoms with Gasteiger partial charge in [0.25, 0.3) is 0 Å². The predicted octanol–water partition coefficient (Wildman–Crippen LogP) is 1.69. The molecule has 116 valence electrons. The van der Waals surface area contributed by atoms with E-state index in [0.717, 1.165) is 0 Å². The largest absolute Gasteiger partial charge is 0.465 e. The Balaban J connectivity index is 2.35. The lowest BCUT2D eigenvalue weighted by atomic mass is 10.2. The van der Waals surface area contributed by atoms with E-state index in [9.17, 15) is 8.42 Å². The van der Waals surface area contributed by atoms with E-state index in [1.54, 1.807) is 33.9 Å². The maximum absolute atomic E-state index is 12.5.